The number of ether oxygens (including phenoxy) is 1. The Kier molecular flexibility index (Phi) is 3.85. The predicted octanol–water partition coefficient (Wildman–Crippen LogP) is 4.28. The average Bonchev–Trinajstić information content (AvgIpc) is 2.38. The SMILES string of the molecule is CCc1ccccc1-c1c(C)cccc1OC(=O)O. The van der Waals surface area contributed by atoms with Gasteiger partial charge in [0, 0.05) is 5.56 Å². The zero-order valence-corrected chi connectivity index (χ0v) is 11.0. The molecule has 2 rings (SSSR count). The van der Waals surface area contributed by atoms with Gasteiger partial charge in [-0.2, -0.15) is 0 Å². The van der Waals surface area contributed by atoms with E-state index in [0.29, 0.717) is 5.75 Å². The molecule has 0 saturated carbocycles. The summed E-state index contributed by atoms with van der Waals surface area (Å²) < 4.78 is 4.90. The Morgan fingerprint density at radius 3 is 2.58 bits per heavy atom. The molecule has 0 atom stereocenters. The van der Waals surface area contributed by atoms with E-state index in [9.17, 15) is 4.79 Å². The smallest absolute Gasteiger partial charge is 0.449 e. The first-order valence-corrected chi connectivity index (χ1v) is 6.22. The van der Waals surface area contributed by atoms with Crippen molar-refractivity contribution in [3.8, 4) is 16.9 Å². The zero-order chi connectivity index (χ0) is 13.8. The summed E-state index contributed by atoms with van der Waals surface area (Å²) in [7, 11) is 0. The third-order valence-electron chi connectivity index (χ3n) is 3.10. The fraction of sp³-hybridized carbons (Fsp3) is 0.188. The molecule has 3 nitrogen and oxygen atoms in total. The molecule has 19 heavy (non-hydrogen) atoms. The summed E-state index contributed by atoms with van der Waals surface area (Å²) >= 11 is 0. The van der Waals surface area contributed by atoms with Gasteiger partial charge in [-0.3, -0.25) is 0 Å². The number of carboxylic acid groups (broad SMARTS) is 1. The molecule has 3 heteroatoms. The molecule has 0 aliphatic carbocycles. The predicted molar refractivity (Wildman–Crippen MR) is 74.6 cm³/mol. The van der Waals surface area contributed by atoms with Crippen molar-refractivity contribution in [2.75, 3.05) is 0 Å². The van der Waals surface area contributed by atoms with Crippen LogP contribution in [0.5, 0.6) is 5.75 Å². The second kappa shape index (κ2) is 5.57. The number of hydrogen-bond acceptors (Lipinski definition) is 2. The van der Waals surface area contributed by atoms with Crippen molar-refractivity contribution in [2.45, 2.75) is 20.3 Å². The summed E-state index contributed by atoms with van der Waals surface area (Å²) in [6, 6.07) is 13.4. The Morgan fingerprint density at radius 2 is 1.89 bits per heavy atom. The van der Waals surface area contributed by atoms with Crippen molar-refractivity contribution in [1.29, 1.82) is 0 Å². The number of hydrogen-bond donors (Lipinski definition) is 1. The lowest BCUT2D eigenvalue weighted by atomic mass is 9.94. The molecule has 0 aliphatic heterocycles. The number of benzene rings is 2. The second-order valence-corrected chi connectivity index (χ2v) is 4.33. The minimum Gasteiger partial charge on any atom is -0.449 e. The van der Waals surface area contributed by atoms with Gasteiger partial charge in [-0.05, 0) is 36.1 Å². The van der Waals surface area contributed by atoms with E-state index in [1.165, 1.54) is 5.56 Å². The third kappa shape index (κ3) is 2.76. The molecular weight excluding hydrogens is 240 g/mol. The second-order valence-electron chi connectivity index (χ2n) is 4.33. The van der Waals surface area contributed by atoms with Crippen molar-refractivity contribution in [3.63, 3.8) is 0 Å². The van der Waals surface area contributed by atoms with Crippen LogP contribution in [0.25, 0.3) is 11.1 Å². The lowest BCUT2D eigenvalue weighted by molar-refractivity contribution is 0.144. The standard InChI is InChI=1S/C16H16O3/c1-3-12-8-4-5-9-13(12)15-11(2)7-6-10-14(15)19-16(17)18/h4-10H,3H2,1-2H3,(H,17,18). The average molecular weight is 256 g/mol. The lowest BCUT2D eigenvalue weighted by Gasteiger charge is -2.14. The van der Waals surface area contributed by atoms with Crippen LogP contribution >= 0.6 is 0 Å². The maximum Gasteiger partial charge on any atom is 0.511 e. The summed E-state index contributed by atoms with van der Waals surface area (Å²) in [5.74, 6) is 0.383. The fourth-order valence-electron chi connectivity index (χ4n) is 2.24. The topological polar surface area (TPSA) is 46.5 Å². The van der Waals surface area contributed by atoms with Gasteiger partial charge >= 0.3 is 6.16 Å². The fourth-order valence-corrected chi connectivity index (χ4v) is 2.24. The molecule has 0 amide bonds. The van der Waals surface area contributed by atoms with Gasteiger partial charge in [0.1, 0.15) is 5.75 Å². The van der Waals surface area contributed by atoms with Crippen LogP contribution in [0, 0.1) is 6.92 Å². The Bertz CT molecular complexity index is 603. The van der Waals surface area contributed by atoms with E-state index in [1.54, 1.807) is 12.1 Å². The van der Waals surface area contributed by atoms with E-state index in [1.807, 2.05) is 37.3 Å². The Balaban J connectivity index is 2.63. The van der Waals surface area contributed by atoms with E-state index in [0.717, 1.165) is 23.1 Å². The minimum absolute atomic E-state index is 0.383. The van der Waals surface area contributed by atoms with E-state index in [2.05, 4.69) is 6.92 Å². The molecule has 0 aromatic heterocycles. The minimum atomic E-state index is -1.29. The molecule has 0 unspecified atom stereocenters. The maximum atomic E-state index is 10.8. The van der Waals surface area contributed by atoms with Crippen molar-refractivity contribution < 1.29 is 14.6 Å². The van der Waals surface area contributed by atoms with E-state index in [-0.39, 0.29) is 0 Å². The first kappa shape index (κ1) is 13.1. The molecule has 0 saturated heterocycles. The Morgan fingerprint density at radius 1 is 1.16 bits per heavy atom. The first-order chi connectivity index (χ1) is 9.13. The molecule has 2 aromatic rings. The number of rotatable bonds is 3. The summed E-state index contributed by atoms with van der Waals surface area (Å²) in [6.07, 6.45) is -0.405. The summed E-state index contributed by atoms with van der Waals surface area (Å²) in [4.78, 5) is 10.8. The molecule has 0 fully saturated rings. The van der Waals surface area contributed by atoms with Gasteiger partial charge in [-0.15, -0.1) is 0 Å². The molecule has 0 aliphatic rings. The van der Waals surface area contributed by atoms with Crippen LogP contribution in [0.2, 0.25) is 0 Å². The van der Waals surface area contributed by atoms with Crippen molar-refractivity contribution in [2.24, 2.45) is 0 Å². The highest BCUT2D eigenvalue weighted by Gasteiger charge is 2.14. The van der Waals surface area contributed by atoms with Gasteiger partial charge < -0.3 is 9.84 Å². The molecule has 0 spiro atoms. The van der Waals surface area contributed by atoms with E-state index >= 15 is 0 Å². The zero-order valence-electron chi connectivity index (χ0n) is 11.0. The van der Waals surface area contributed by atoms with Gasteiger partial charge in [0.05, 0.1) is 0 Å². The van der Waals surface area contributed by atoms with Crippen LogP contribution in [0.3, 0.4) is 0 Å². The largest absolute Gasteiger partial charge is 0.511 e. The van der Waals surface area contributed by atoms with Crippen molar-refractivity contribution in [3.05, 3.63) is 53.6 Å². The number of carbonyl (C=O) groups is 1. The van der Waals surface area contributed by atoms with Crippen LogP contribution in [0.4, 0.5) is 4.79 Å². The van der Waals surface area contributed by atoms with Crippen LogP contribution in [0.1, 0.15) is 18.1 Å². The van der Waals surface area contributed by atoms with Crippen LogP contribution < -0.4 is 4.74 Å². The normalized spacial score (nSPS) is 10.2. The van der Waals surface area contributed by atoms with Crippen molar-refractivity contribution in [1.82, 2.24) is 0 Å². The highest BCUT2D eigenvalue weighted by Crippen LogP contribution is 2.35. The van der Waals surface area contributed by atoms with Crippen LogP contribution in [-0.4, -0.2) is 11.3 Å². The molecule has 1 N–H and O–H groups in total. The summed E-state index contributed by atoms with van der Waals surface area (Å²) in [6.45, 7) is 4.03. The maximum absolute atomic E-state index is 10.8. The molecule has 0 heterocycles. The van der Waals surface area contributed by atoms with Crippen LogP contribution in [-0.2, 0) is 6.42 Å². The van der Waals surface area contributed by atoms with Gasteiger partial charge in [0.2, 0.25) is 0 Å². The third-order valence-corrected chi connectivity index (χ3v) is 3.10. The number of aryl methyl sites for hydroxylation is 2. The van der Waals surface area contributed by atoms with Crippen LogP contribution in [0.15, 0.2) is 42.5 Å². The molecule has 98 valence electrons. The molecule has 0 radical (unpaired) electrons. The summed E-state index contributed by atoms with van der Waals surface area (Å²) in [5.41, 5.74) is 4.05. The quantitative estimate of drug-likeness (QED) is 0.658. The Labute approximate surface area is 112 Å². The van der Waals surface area contributed by atoms with Gasteiger partial charge in [0.15, 0.2) is 0 Å². The van der Waals surface area contributed by atoms with E-state index in [4.69, 9.17) is 9.84 Å². The highest BCUT2D eigenvalue weighted by atomic mass is 16.7. The first-order valence-electron chi connectivity index (χ1n) is 6.22. The molecular formula is C16H16O3. The lowest BCUT2D eigenvalue weighted by Crippen LogP contribution is -2.05. The van der Waals surface area contributed by atoms with Gasteiger partial charge in [0.25, 0.3) is 0 Å². The Hall–Kier alpha value is -2.29. The van der Waals surface area contributed by atoms with Gasteiger partial charge in [-0.1, -0.05) is 43.3 Å². The summed E-state index contributed by atoms with van der Waals surface area (Å²) in [5, 5.41) is 8.83. The van der Waals surface area contributed by atoms with E-state index < -0.39 is 6.16 Å². The highest BCUT2D eigenvalue weighted by molar-refractivity contribution is 5.78. The monoisotopic (exact) mass is 256 g/mol. The molecule has 2 aromatic carbocycles. The van der Waals surface area contributed by atoms with Crippen molar-refractivity contribution >= 4 is 6.16 Å². The van der Waals surface area contributed by atoms with Gasteiger partial charge in [-0.25, -0.2) is 4.79 Å². The molecule has 0 bridgehead atoms.